The molecule has 3 aromatic rings. The van der Waals surface area contributed by atoms with Crippen LogP contribution in [-0.4, -0.2) is 35.9 Å². The molecule has 0 aliphatic carbocycles. The van der Waals surface area contributed by atoms with E-state index in [1.54, 1.807) is 36.5 Å². The smallest absolute Gasteiger partial charge is 0.280 e. The Hall–Kier alpha value is -3.87. The molecule has 0 atom stereocenters. The SMILES string of the molecule is CN(C)c1ccc(CNc2ccc(NN3C(=O)c4ccccc4C3=O)nc2)cc1. The van der Waals surface area contributed by atoms with Crippen molar-refractivity contribution < 1.29 is 9.59 Å². The summed E-state index contributed by atoms with van der Waals surface area (Å²) in [6, 6.07) is 18.6. The zero-order valence-corrected chi connectivity index (χ0v) is 16.2. The summed E-state index contributed by atoms with van der Waals surface area (Å²) in [5, 5.41) is 4.30. The molecule has 7 heteroatoms. The van der Waals surface area contributed by atoms with Gasteiger partial charge in [0, 0.05) is 26.3 Å². The lowest BCUT2D eigenvalue weighted by Gasteiger charge is -2.16. The Bertz CT molecular complexity index is 1010. The molecule has 0 radical (unpaired) electrons. The predicted octanol–water partition coefficient (Wildman–Crippen LogP) is 3.38. The number of carbonyl (C=O) groups excluding carboxylic acids is 2. The summed E-state index contributed by atoms with van der Waals surface area (Å²) in [6.07, 6.45) is 1.66. The summed E-state index contributed by atoms with van der Waals surface area (Å²) in [7, 11) is 4.02. The molecule has 146 valence electrons. The number of amides is 2. The maximum Gasteiger partial charge on any atom is 0.280 e. The lowest BCUT2D eigenvalue weighted by molar-refractivity contribution is 0.0690. The largest absolute Gasteiger partial charge is 0.380 e. The number of imide groups is 1. The molecule has 2 aromatic carbocycles. The standard InChI is InChI=1S/C22H21N5O2/c1-26(2)17-10-7-15(8-11-17)13-23-16-9-12-20(24-14-16)25-27-21(28)18-5-3-4-6-19(18)22(27)29/h3-12,14,23H,13H2,1-2H3,(H,24,25). The van der Waals surface area contributed by atoms with E-state index in [4.69, 9.17) is 0 Å². The first-order valence-corrected chi connectivity index (χ1v) is 9.23. The van der Waals surface area contributed by atoms with Crippen LogP contribution in [0.3, 0.4) is 0 Å². The minimum absolute atomic E-state index is 0.379. The lowest BCUT2D eigenvalue weighted by atomic mass is 10.1. The Labute approximate surface area is 168 Å². The first-order chi connectivity index (χ1) is 14.0. The van der Waals surface area contributed by atoms with E-state index in [-0.39, 0.29) is 11.8 Å². The first kappa shape index (κ1) is 18.5. The van der Waals surface area contributed by atoms with Gasteiger partial charge in [-0.3, -0.25) is 15.0 Å². The van der Waals surface area contributed by atoms with Gasteiger partial charge in [-0.15, -0.1) is 0 Å². The minimum Gasteiger partial charge on any atom is -0.380 e. The Morgan fingerprint density at radius 1 is 0.897 bits per heavy atom. The van der Waals surface area contributed by atoms with Crippen molar-refractivity contribution in [1.82, 2.24) is 9.99 Å². The zero-order chi connectivity index (χ0) is 20.4. The summed E-state index contributed by atoms with van der Waals surface area (Å²) in [5.74, 6) is -0.341. The van der Waals surface area contributed by atoms with Crippen molar-refractivity contribution in [2.24, 2.45) is 0 Å². The normalized spacial score (nSPS) is 12.7. The summed E-state index contributed by atoms with van der Waals surface area (Å²) >= 11 is 0. The molecule has 1 aliphatic rings. The van der Waals surface area contributed by atoms with E-state index in [9.17, 15) is 9.59 Å². The molecule has 0 spiro atoms. The number of nitrogens with zero attached hydrogens (tertiary/aromatic N) is 3. The van der Waals surface area contributed by atoms with E-state index >= 15 is 0 Å². The minimum atomic E-state index is -0.379. The van der Waals surface area contributed by atoms with Gasteiger partial charge in [-0.2, -0.15) is 5.01 Å². The molecule has 29 heavy (non-hydrogen) atoms. The van der Waals surface area contributed by atoms with Crippen LogP contribution in [0.15, 0.2) is 66.9 Å². The molecule has 1 aromatic heterocycles. The lowest BCUT2D eigenvalue weighted by Crippen LogP contribution is -2.35. The maximum absolute atomic E-state index is 12.4. The van der Waals surface area contributed by atoms with Crippen molar-refractivity contribution in [2.45, 2.75) is 6.54 Å². The molecule has 4 rings (SSSR count). The number of benzene rings is 2. The second kappa shape index (κ2) is 7.63. The number of hydrazine groups is 1. The van der Waals surface area contributed by atoms with Gasteiger partial charge in [-0.25, -0.2) is 4.98 Å². The molecular weight excluding hydrogens is 366 g/mol. The third kappa shape index (κ3) is 3.75. The van der Waals surface area contributed by atoms with Gasteiger partial charge in [0.05, 0.1) is 23.0 Å². The molecule has 1 aliphatic heterocycles. The van der Waals surface area contributed by atoms with E-state index in [1.165, 1.54) is 0 Å². The molecule has 0 fully saturated rings. The summed E-state index contributed by atoms with van der Waals surface area (Å²) in [4.78, 5) is 31.2. The van der Waals surface area contributed by atoms with E-state index in [2.05, 4.69) is 44.9 Å². The van der Waals surface area contributed by atoms with Gasteiger partial charge in [-0.1, -0.05) is 24.3 Å². The van der Waals surface area contributed by atoms with Crippen molar-refractivity contribution in [3.63, 3.8) is 0 Å². The Morgan fingerprint density at radius 3 is 2.10 bits per heavy atom. The Morgan fingerprint density at radius 2 is 1.55 bits per heavy atom. The van der Waals surface area contributed by atoms with Crippen LogP contribution in [0.25, 0.3) is 0 Å². The van der Waals surface area contributed by atoms with Crippen LogP contribution in [0.1, 0.15) is 26.3 Å². The third-order valence-electron chi connectivity index (χ3n) is 4.73. The molecule has 2 N–H and O–H groups in total. The fourth-order valence-corrected chi connectivity index (χ4v) is 3.09. The van der Waals surface area contributed by atoms with Gasteiger partial charge in [0.15, 0.2) is 0 Å². The highest BCUT2D eigenvalue weighted by molar-refractivity contribution is 6.21. The zero-order valence-electron chi connectivity index (χ0n) is 16.2. The molecule has 0 saturated heterocycles. The van der Waals surface area contributed by atoms with Gasteiger partial charge in [-0.05, 0) is 42.0 Å². The molecule has 0 bridgehead atoms. The highest BCUT2D eigenvalue weighted by Crippen LogP contribution is 2.23. The second-order valence-electron chi connectivity index (χ2n) is 6.95. The number of carbonyl (C=O) groups is 2. The highest BCUT2D eigenvalue weighted by atomic mass is 16.2. The molecule has 2 heterocycles. The van der Waals surface area contributed by atoms with Gasteiger partial charge in [0.1, 0.15) is 5.82 Å². The van der Waals surface area contributed by atoms with Crippen LogP contribution in [0.4, 0.5) is 17.2 Å². The van der Waals surface area contributed by atoms with Gasteiger partial charge in [0.25, 0.3) is 11.8 Å². The second-order valence-corrected chi connectivity index (χ2v) is 6.95. The topological polar surface area (TPSA) is 77.6 Å². The molecule has 2 amide bonds. The predicted molar refractivity (Wildman–Crippen MR) is 113 cm³/mol. The van der Waals surface area contributed by atoms with Gasteiger partial charge < -0.3 is 10.2 Å². The van der Waals surface area contributed by atoms with E-state index in [0.29, 0.717) is 23.5 Å². The monoisotopic (exact) mass is 387 g/mol. The molecular formula is C22H21N5O2. The Kier molecular flexibility index (Phi) is 4.87. The van der Waals surface area contributed by atoms with E-state index < -0.39 is 0 Å². The summed E-state index contributed by atoms with van der Waals surface area (Å²) in [5.41, 5.74) is 6.73. The number of nitrogens with one attached hydrogen (secondary N) is 2. The number of aromatic nitrogens is 1. The summed E-state index contributed by atoms with van der Waals surface area (Å²) < 4.78 is 0. The Balaban J connectivity index is 1.37. The van der Waals surface area contributed by atoms with Crippen LogP contribution >= 0.6 is 0 Å². The number of hydrogen-bond acceptors (Lipinski definition) is 6. The first-order valence-electron chi connectivity index (χ1n) is 9.23. The van der Waals surface area contributed by atoms with Crippen molar-refractivity contribution in [3.8, 4) is 0 Å². The van der Waals surface area contributed by atoms with Crippen molar-refractivity contribution in [3.05, 3.63) is 83.6 Å². The van der Waals surface area contributed by atoms with E-state index in [0.717, 1.165) is 21.9 Å². The van der Waals surface area contributed by atoms with Crippen LogP contribution in [0.2, 0.25) is 0 Å². The highest BCUT2D eigenvalue weighted by Gasteiger charge is 2.35. The fourth-order valence-electron chi connectivity index (χ4n) is 3.09. The number of hydrogen-bond donors (Lipinski definition) is 2. The van der Waals surface area contributed by atoms with Crippen LogP contribution in [-0.2, 0) is 6.54 Å². The molecule has 0 saturated carbocycles. The van der Waals surface area contributed by atoms with Gasteiger partial charge in [0.2, 0.25) is 0 Å². The molecule has 0 unspecified atom stereocenters. The number of pyridine rings is 1. The van der Waals surface area contributed by atoms with Crippen molar-refractivity contribution in [2.75, 3.05) is 29.7 Å². The third-order valence-corrected chi connectivity index (χ3v) is 4.73. The average Bonchev–Trinajstić information content (AvgIpc) is 2.98. The van der Waals surface area contributed by atoms with Gasteiger partial charge >= 0.3 is 0 Å². The van der Waals surface area contributed by atoms with Crippen LogP contribution in [0.5, 0.6) is 0 Å². The van der Waals surface area contributed by atoms with Crippen molar-refractivity contribution >= 4 is 29.0 Å². The quantitative estimate of drug-likeness (QED) is 0.632. The van der Waals surface area contributed by atoms with E-state index in [1.807, 2.05) is 20.2 Å². The number of rotatable bonds is 6. The average molecular weight is 387 g/mol. The maximum atomic E-state index is 12.4. The van der Waals surface area contributed by atoms with Crippen LogP contribution < -0.4 is 15.6 Å². The summed E-state index contributed by atoms with van der Waals surface area (Å²) in [6.45, 7) is 0.667. The van der Waals surface area contributed by atoms with Crippen molar-refractivity contribution in [1.29, 1.82) is 0 Å². The number of anilines is 3. The fraction of sp³-hybridized carbons (Fsp3) is 0.136. The number of fused-ring (bicyclic) bond motifs is 1. The molecule has 7 nitrogen and oxygen atoms in total. The van der Waals surface area contributed by atoms with Crippen LogP contribution in [0, 0.1) is 0 Å².